The number of nitrogens with one attached hydrogen (secondary N) is 1. The first-order chi connectivity index (χ1) is 8.47. The minimum absolute atomic E-state index is 0.262. The molecule has 0 unspecified atom stereocenters. The molecule has 0 aliphatic rings. The van der Waals surface area contributed by atoms with Crippen LogP contribution < -0.4 is 10.6 Å². The first kappa shape index (κ1) is 12.3. The van der Waals surface area contributed by atoms with E-state index in [-0.39, 0.29) is 5.92 Å². The number of hydrogen-bond acceptors (Lipinski definition) is 2. The Morgan fingerprint density at radius 3 is 2.78 bits per heavy atom. The summed E-state index contributed by atoms with van der Waals surface area (Å²) in [6, 6.07) is 7.27. The van der Waals surface area contributed by atoms with Crippen molar-refractivity contribution in [2.75, 3.05) is 17.2 Å². The Labute approximate surface area is 105 Å². The molecule has 1 aromatic heterocycles. The van der Waals surface area contributed by atoms with Gasteiger partial charge in [0.15, 0.2) is 0 Å². The molecule has 0 fully saturated rings. The summed E-state index contributed by atoms with van der Waals surface area (Å²) in [6.07, 6.45) is -0.955. The Kier molecular flexibility index (Phi) is 3.14. The molecule has 2 rings (SSSR count). The van der Waals surface area contributed by atoms with Gasteiger partial charge in [0.2, 0.25) is 0 Å². The number of nitrogen functional groups attached to an aromatic ring is 1. The molecule has 2 aromatic rings. The highest BCUT2D eigenvalue weighted by atomic mass is 16.4. The van der Waals surface area contributed by atoms with Gasteiger partial charge in [-0.15, -0.1) is 0 Å². The number of nitrogens with two attached hydrogens (primary N) is 1. The predicted molar refractivity (Wildman–Crippen MR) is 72.9 cm³/mol. The van der Waals surface area contributed by atoms with E-state index in [9.17, 15) is 9.90 Å². The van der Waals surface area contributed by atoms with Crippen LogP contribution in [0.25, 0.3) is 10.9 Å². The summed E-state index contributed by atoms with van der Waals surface area (Å²) < 4.78 is 0. The van der Waals surface area contributed by atoms with Gasteiger partial charge in [0, 0.05) is 23.1 Å². The van der Waals surface area contributed by atoms with Gasteiger partial charge in [0.1, 0.15) is 5.82 Å². The smallest absolute Gasteiger partial charge is 0.412 e. The van der Waals surface area contributed by atoms with Crippen LogP contribution in [0.15, 0.2) is 24.3 Å². The minimum atomic E-state index is -0.955. The molecule has 1 heterocycles. The normalized spacial score (nSPS) is 11.1. The van der Waals surface area contributed by atoms with E-state index < -0.39 is 6.09 Å². The Morgan fingerprint density at radius 1 is 1.44 bits per heavy atom. The van der Waals surface area contributed by atoms with E-state index in [4.69, 9.17) is 5.73 Å². The summed E-state index contributed by atoms with van der Waals surface area (Å²) in [4.78, 5) is 15.7. The predicted octanol–water partition coefficient (Wildman–Crippen LogP) is 2.89. The molecule has 1 aromatic carbocycles. The van der Waals surface area contributed by atoms with Crippen LogP contribution in [-0.4, -0.2) is 22.7 Å². The topological polar surface area (TPSA) is 82.3 Å². The Bertz CT molecular complexity index is 575. The van der Waals surface area contributed by atoms with E-state index in [0.29, 0.717) is 18.1 Å². The number of carboxylic acid groups (broad SMARTS) is 1. The summed E-state index contributed by atoms with van der Waals surface area (Å²) in [5.74, 6) is 0.842. The molecular formula is C13H17N3O2. The first-order valence-electron chi connectivity index (χ1n) is 5.86. The molecule has 5 nitrogen and oxygen atoms in total. The van der Waals surface area contributed by atoms with E-state index in [0.717, 1.165) is 10.9 Å². The maximum atomic E-state index is 11.3. The van der Waals surface area contributed by atoms with E-state index in [1.54, 1.807) is 6.07 Å². The number of nitrogens with zero attached hydrogens (tertiary/aromatic N) is 1. The summed E-state index contributed by atoms with van der Waals surface area (Å²) in [5.41, 5.74) is 7.26. The fourth-order valence-electron chi connectivity index (χ4n) is 1.93. The fraction of sp³-hybridized carbons (Fsp3) is 0.308. The van der Waals surface area contributed by atoms with Crippen LogP contribution in [0.3, 0.4) is 0 Å². The second-order valence-electron chi connectivity index (χ2n) is 4.79. The lowest BCUT2D eigenvalue weighted by molar-refractivity contribution is 0.200. The summed E-state index contributed by atoms with van der Waals surface area (Å²) in [7, 11) is 0. The molecule has 0 atom stereocenters. The van der Waals surface area contributed by atoms with Crippen molar-refractivity contribution in [3.63, 3.8) is 0 Å². The second-order valence-corrected chi connectivity index (χ2v) is 4.79. The van der Waals surface area contributed by atoms with Crippen LogP contribution in [0.5, 0.6) is 0 Å². The Hall–Kier alpha value is -2.17. The van der Waals surface area contributed by atoms with Gasteiger partial charge in [-0.3, -0.25) is 4.90 Å². The van der Waals surface area contributed by atoms with Gasteiger partial charge >= 0.3 is 6.09 Å². The molecular weight excluding hydrogens is 230 g/mol. The average Bonchev–Trinajstić information content (AvgIpc) is 2.67. The lowest BCUT2D eigenvalue weighted by Crippen LogP contribution is -2.32. The molecule has 4 N–H and O–H groups in total. The number of aromatic amines is 1. The van der Waals surface area contributed by atoms with Crippen LogP contribution >= 0.6 is 0 Å². The van der Waals surface area contributed by atoms with Crippen molar-refractivity contribution in [3.8, 4) is 0 Å². The number of amides is 1. The van der Waals surface area contributed by atoms with Crippen molar-refractivity contribution in [1.29, 1.82) is 0 Å². The molecule has 5 heteroatoms. The van der Waals surface area contributed by atoms with Gasteiger partial charge in [0.05, 0.1) is 0 Å². The van der Waals surface area contributed by atoms with Gasteiger partial charge in [0.25, 0.3) is 0 Å². The zero-order valence-electron chi connectivity index (χ0n) is 10.5. The van der Waals surface area contributed by atoms with E-state index >= 15 is 0 Å². The van der Waals surface area contributed by atoms with Crippen molar-refractivity contribution < 1.29 is 9.90 Å². The van der Waals surface area contributed by atoms with Crippen LogP contribution in [0, 0.1) is 5.92 Å². The molecule has 96 valence electrons. The standard InChI is InChI=1S/C13H17N3O2/c1-8(2)7-16(13(17)18)12-6-9-5-10(14)3-4-11(9)15-12/h3-6,8,15H,7,14H2,1-2H3,(H,17,18). The SMILES string of the molecule is CC(C)CN(C(=O)O)c1cc2cc(N)ccc2[nH]1. The van der Waals surface area contributed by atoms with Crippen LogP contribution in [0.4, 0.5) is 16.3 Å². The Balaban J connectivity index is 2.41. The van der Waals surface area contributed by atoms with Crippen LogP contribution in [0.2, 0.25) is 0 Å². The lowest BCUT2D eigenvalue weighted by Gasteiger charge is -2.19. The molecule has 0 aliphatic heterocycles. The second kappa shape index (κ2) is 4.60. The molecule has 0 saturated heterocycles. The molecule has 1 amide bonds. The van der Waals surface area contributed by atoms with Crippen molar-refractivity contribution in [2.45, 2.75) is 13.8 Å². The van der Waals surface area contributed by atoms with Crippen molar-refractivity contribution in [3.05, 3.63) is 24.3 Å². The number of fused-ring (bicyclic) bond motifs is 1. The molecule has 0 radical (unpaired) electrons. The maximum Gasteiger partial charge on any atom is 0.412 e. The number of H-pyrrole nitrogens is 1. The van der Waals surface area contributed by atoms with E-state index in [2.05, 4.69) is 4.98 Å². The highest BCUT2D eigenvalue weighted by Gasteiger charge is 2.17. The largest absolute Gasteiger partial charge is 0.465 e. The quantitative estimate of drug-likeness (QED) is 0.729. The number of aromatic nitrogens is 1. The first-order valence-corrected chi connectivity index (χ1v) is 5.86. The number of benzene rings is 1. The zero-order valence-corrected chi connectivity index (χ0v) is 10.5. The summed E-state index contributed by atoms with van der Waals surface area (Å²) >= 11 is 0. The molecule has 0 aliphatic carbocycles. The summed E-state index contributed by atoms with van der Waals surface area (Å²) in [6.45, 7) is 4.42. The number of hydrogen-bond donors (Lipinski definition) is 3. The van der Waals surface area contributed by atoms with Crippen LogP contribution in [-0.2, 0) is 0 Å². The van der Waals surface area contributed by atoms with Gasteiger partial charge in [-0.1, -0.05) is 13.8 Å². The Morgan fingerprint density at radius 2 is 2.17 bits per heavy atom. The highest BCUT2D eigenvalue weighted by Crippen LogP contribution is 2.24. The lowest BCUT2D eigenvalue weighted by atomic mass is 10.2. The third-order valence-corrected chi connectivity index (χ3v) is 2.70. The van der Waals surface area contributed by atoms with Gasteiger partial charge in [-0.05, 0) is 30.2 Å². The van der Waals surface area contributed by atoms with Gasteiger partial charge in [-0.25, -0.2) is 4.79 Å². The third kappa shape index (κ3) is 2.40. The molecule has 0 spiro atoms. The maximum absolute atomic E-state index is 11.3. The van der Waals surface area contributed by atoms with Crippen molar-refractivity contribution in [1.82, 2.24) is 4.98 Å². The van der Waals surface area contributed by atoms with E-state index in [1.807, 2.05) is 32.0 Å². The molecule has 0 bridgehead atoms. The monoisotopic (exact) mass is 247 g/mol. The molecule has 18 heavy (non-hydrogen) atoms. The fourth-order valence-corrected chi connectivity index (χ4v) is 1.93. The summed E-state index contributed by atoms with van der Waals surface area (Å²) in [5, 5.41) is 10.2. The third-order valence-electron chi connectivity index (χ3n) is 2.70. The zero-order chi connectivity index (χ0) is 13.3. The van der Waals surface area contributed by atoms with Crippen molar-refractivity contribution >= 4 is 28.5 Å². The van der Waals surface area contributed by atoms with E-state index in [1.165, 1.54) is 4.90 Å². The number of carbonyl (C=O) groups is 1. The van der Waals surface area contributed by atoms with Crippen LogP contribution in [0.1, 0.15) is 13.8 Å². The molecule has 0 saturated carbocycles. The van der Waals surface area contributed by atoms with Crippen molar-refractivity contribution in [2.24, 2.45) is 5.92 Å². The number of rotatable bonds is 3. The highest BCUT2D eigenvalue weighted by molar-refractivity contribution is 5.92. The van der Waals surface area contributed by atoms with Gasteiger partial charge in [-0.2, -0.15) is 0 Å². The average molecular weight is 247 g/mol. The minimum Gasteiger partial charge on any atom is -0.465 e. The van der Waals surface area contributed by atoms with Gasteiger partial charge < -0.3 is 15.8 Å². The number of anilines is 2.